The second kappa shape index (κ2) is 4.27. The molecule has 3 rings (SSSR count). The highest BCUT2D eigenvalue weighted by molar-refractivity contribution is 6.30. The Kier molecular flexibility index (Phi) is 2.78. The molecule has 2 fully saturated rings. The van der Waals surface area contributed by atoms with Gasteiger partial charge in [-0.3, -0.25) is 0 Å². The Hall–Kier alpha value is -0.730. The Morgan fingerprint density at radius 2 is 2.00 bits per heavy atom. The number of rotatable bonds is 2. The van der Waals surface area contributed by atoms with Crippen molar-refractivity contribution in [3.05, 3.63) is 28.8 Å². The molecule has 1 aromatic carbocycles. The largest absolute Gasteiger partial charge is 0.378 e. The van der Waals surface area contributed by atoms with Gasteiger partial charge in [-0.2, -0.15) is 0 Å². The van der Waals surface area contributed by atoms with Crippen molar-refractivity contribution in [1.82, 2.24) is 0 Å². The molecule has 0 amide bonds. The van der Waals surface area contributed by atoms with Crippen LogP contribution in [-0.2, 0) is 4.74 Å². The van der Waals surface area contributed by atoms with Gasteiger partial charge in [0.15, 0.2) is 0 Å². The number of hydrogen-bond acceptors (Lipinski definition) is 2. The van der Waals surface area contributed by atoms with Crippen molar-refractivity contribution in [3.8, 4) is 0 Å². The third-order valence-electron chi connectivity index (χ3n) is 3.21. The Morgan fingerprint density at radius 3 is 2.69 bits per heavy atom. The fourth-order valence-electron chi connectivity index (χ4n) is 2.13. The molecule has 1 radical (unpaired) electrons. The number of benzene rings is 1. The van der Waals surface area contributed by atoms with E-state index in [-0.39, 0.29) is 0 Å². The number of halogens is 1. The third kappa shape index (κ3) is 2.18. The van der Waals surface area contributed by atoms with E-state index in [2.05, 4.69) is 17.0 Å². The fourth-order valence-corrected chi connectivity index (χ4v) is 2.35. The van der Waals surface area contributed by atoms with E-state index in [0.717, 1.165) is 37.0 Å². The fraction of sp³-hybridized carbons (Fsp3) is 0.538. The second-order valence-corrected chi connectivity index (χ2v) is 4.95. The molecular formula is C13H15ClNO. The van der Waals surface area contributed by atoms with Crippen LogP contribution in [0.25, 0.3) is 0 Å². The molecule has 0 spiro atoms. The smallest absolute Gasteiger partial charge is 0.0642 e. The normalized spacial score (nSPS) is 21.2. The summed E-state index contributed by atoms with van der Waals surface area (Å²) in [6.07, 6.45) is 2.58. The van der Waals surface area contributed by atoms with Crippen molar-refractivity contribution >= 4 is 17.3 Å². The van der Waals surface area contributed by atoms with Crippen molar-refractivity contribution in [2.24, 2.45) is 0 Å². The van der Waals surface area contributed by atoms with E-state index >= 15 is 0 Å². The summed E-state index contributed by atoms with van der Waals surface area (Å²) in [7, 11) is 0. The Morgan fingerprint density at radius 1 is 1.25 bits per heavy atom. The van der Waals surface area contributed by atoms with Crippen LogP contribution in [0, 0.1) is 6.07 Å². The molecule has 1 saturated heterocycles. The molecule has 1 aliphatic carbocycles. The number of hydrogen-bond donors (Lipinski definition) is 0. The number of nitrogens with zero attached hydrogens (tertiary/aromatic N) is 1. The molecule has 0 N–H and O–H groups in total. The maximum absolute atomic E-state index is 6.16. The van der Waals surface area contributed by atoms with E-state index in [9.17, 15) is 0 Å². The van der Waals surface area contributed by atoms with Crippen LogP contribution in [0.2, 0.25) is 5.02 Å². The second-order valence-electron chi connectivity index (χ2n) is 4.51. The van der Waals surface area contributed by atoms with Crippen LogP contribution in [0.5, 0.6) is 0 Å². The molecule has 0 bridgehead atoms. The minimum Gasteiger partial charge on any atom is -0.378 e. The lowest BCUT2D eigenvalue weighted by Crippen LogP contribution is -2.36. The van der Waals surface area contributed by atoms with E-state index in [1.165, 1.54) is 18.4 Å². The van der Waals surface area contributed by atoms with Gasteiger partial charge in [-0.15, -0.1) is 0 Å². The summed E-state index contributed by atoms with van der Waals surface area (Å²) in [5.41, 5.74) is 2.42. The minimum atomic E-state index is 0.707. The van der Waals surface area contributed by atoms with Gasteiger partial charge in [0.05, 0.1) is 13.2 Å². The molecule has 0 atom stereocenters. The predicted molar refractivity (Wildman–Crippen MR) is 65.3 cm³/mol. The first kappa shape index (κ1) is 10.4. The Bertz CT molecular complexity index is 384. The highest BCUT2D eigenvalue weighted by Crippen LogP contribution is 2.41. The summed E-state index contributed by atoms with van der Waals surface area (Å²) in [4.78, 5) is 2.31. The highest BCUT2D eigenvalue weighted by atomic mass is 35.5. The van der Waals surface area contributed by atoms with Crippen LogP contribution in [0.15, 0.2) is 12.1 Å². The van der Waals surface area contributed by atoms with Crippen LogP contribution in [0.1, 0.15) is 24.3 Å². The van der Waals surface area contributed by atoms with Crippen LogP contribution in [0.3, 0.4) is 0 Å². The molecule has 2 nitrogen and oxygen atoms in total. The van der Waals surface area contributed by atoms with Crippen molar-refractivity contribution in [2.75, 3.05) is 31.2 Å². The van der Waals surface area contributed by atoms with Gasteiger partial charge in [0.25, 0.3) is 0 Å². The maximum atomic E-state index is 6.16. The van der Waals surface area contributed by atoms with Crippen LogP contribution < -0.4 is 4.90 Å². The lowest BCUT2D eigenvalue weighted by Gasteiger charge is -2.29. The Labute approximate surface area is 101 Å². The van der Waals surface area contributed by atoms with Gasteiger partial charge in [-0.25, -0.2) is 0 Å². The number of anilines is 1. The minimum absolute atomic E-state index is 0.707. The molecule has 1 aliphatic heterocycles. The van der Waals surface area contributed by atoms with Gasteiger partial charge in [-0.1, -0.05) is 11.6 Å². The van der Waals surface area contributed by atoms with Crippen molar-refractivity contribution in [3.63, 3.8) is 0 Å². The Balaban J connectivity index is 1.86. The molecule has 85 valence electrons. The molecule has 1 heterocycles. The van der Waals surface area contributed by atoms with Crippen molar-refractivity contribution in [1.29, 1.82) is 0 Å². The van der Waals surface area contributed by atoms with Gasteiger partial charge in [-0.05, 0) is 36.5 Å². The average molecular weight is 237 g/mol. The summed E-state index contributed by atoms with van der Waals surface area (Å²) >= 11 is 6.16. The lowest BCUT2D eigenvalue weighted by molar-refractivity contribution is 0.122. The van der Waals surface area contributed by atoms with E-state index < -0.39 is 0 Å². The van der Waals surface area contributed by atoms with Crippen molar-refractivity contribution < 1.29 is 4.74 Å². The first-order valence-electron chi connectivity index (χ1n) is 5.88. The summed E-state index contributed by atoms with van der Waals surface area (Å²) < 4.78 is 5.35. The van der Waals surface area contributed by atoms with Gasteiger partial charge < -0.3 is 9.64 Å². The predicted octanol–water partition coefficient (Wildman–Crippen LogP) is 2.85. The number of morpholine rings is 1. The number of ether oxygens (including phenoxy) is 1. The molecule has 1 saturated carbocycles. The van der Waals surface area contributed by atoms with Gasteiger partial charge in [0, 0.05) is 29.9 Å². The molecule has 16 heavy (non-hydrogen) atoms. The molecule has 2 aliphatic rings. The van der Waals surface area contributed by atoms with Crippen molar-refractivity contribution in [2.45, 2.75) is 18.8 Å². The van der Waals surface area contributed by atoms with Crippen LogP contribution in [-0.4, -0.2) is 26.3 Å². The summed E-state index contributed by atoms with van der Waals surface area (Å²) in [6.45, 7) is 3.50. The average Bonchev–Trinajstić information content (AvgIpc) is 3.13. The molecular weight excluding hydrogens is 222 g/mol. The SMILES string of the molecule is Clc1cc(C2CC2)[c]c(N2CCOCC2)c1. The van der Waals surface area contributed by atoms with Gasteiger partial charge in [0.1, 0.15) is 0 Å². The zero-order chi connectivity index (χ0) is 11.0. The maximum Gasteiger partial charge on any atom is 0.0642 e. The standard InChI is InChI=1S/C13H15ClNO/c14-12-7-11(10-1-2-10)8-13(9-12)15-3-5-16-6-4-15/h7,9-10H,1-6H2. The van der Waals surface area contributed by atoms with E-state index in [0.29, 0.717) is 5.92 Å². The first-order chi connectivity index (χ1) is 7.83. The molecule has 0 unspecified atom stereocenters. The monoisotopic (exact) mass is 236 g/mol. The van der Waals surface area contributed by atoms with Crippen LogP contribution >= 0.6 is 11.6 Å². The third-order valence-corrected chi connectivity index (χ3v) is 3.43. The summed E-state index contributed by atoms with van der Waals surface area (Å²) in [6, 6.07) is 7.57. The van der Waals surface area contributed by atoms with Crippen LogP contribution in [0.4, 0.5) is 5.69 Å². The summed E-state index contributed by atoms with van der Waals surface area (Å²) in [5, 5.41) is 0.835. The highest BCUT2D eigenvalue weighted by Gasteiger charge is 2.25. The molecule has 1 aromatic rings. The quantitative estimate of drug-likeness (QED) is 0.783. The first-order valence-corrected chi connectivity index (χ1v) is 6.26. The van der Waals surface area contributed by atoms with Gasteiger partial charge in [0.2, 0.25) is 0 Å². The molecule has 3 heteroatoms. The molecule has 0 aromatic heterocycles. The zero-order valence-electron chi connectivity index (χ0n) is 9.21. The lowest BCUT2D eigenvalue weighted by atomic mass is 10.1. The topological polar surface area (TPSA) is 12.5 Å². The van der Waals surface area contributed by atoms with Gasteiger partial charge >= 0.3 is 0 Å². The summed E-state index contributed by atoms with van der Waals surface area (Å²) in [5.74, 6) is 0.707. The zero-order valence-corrected chi connectivity index (χ0v) is 9.96. The van der Waals surface area contributed by atoms with E-state index in [1.54, 1.807) is 0 Å². The van der Waals surface area contributed by atoms with E-state index in [1.807, 2.05) is 6.07 Å². The van der Waals surface area contributed by atoms with E-state index in [4.69, 9.17) is 16.3 Å².